The van der Waals surface area contributed by atoms with E-state index in [2.05, 4.69) is 23.4 Å². The third-order valence-corrected chi connectivity index (χ3v) is 3.77. The van der Waals surface area contributed by atoms with Gasteiger partial charge in [0.15, 0.2) is 0 Å². The van der Waals surface area contributed by atoms with Crippen molar-refractivity contribution in [3.63, 3.8) is 0 Å². The summed E-state index contributed by atoms with van der Waals surface area (Å²) in [5.41, 5.74) is 2.02. The van der Waals surface area contributed by atoms with Crippen LogP contribution in [0.15, 0.2) is 18.2 Å². The molecule has 19 heavy (non-hydrogen) atoms. The zero-order chi connectivity index (χ0) is 13.8. The van der Waals surface area contributed by atoms with Crippen LogP contribution in [0, 0.1) is 5.92 Å². The number of fused-ring (bicyclic) bond motifs is 1. The molecule has 0 aliphatic rings. The van der Waals surface area contributed by atoms with Crippen molar-refractivity contribution in [3.05, 3.63) is 29.0 Å². The minimum Gasteiger partial charge on any atom is -0.327 e. The predicted molar refractivity (Wildman–Crippen MR) is 83.2 cm³/mol. The molecule has 0 atom stereocenters. The fraction of sp³-hybridized carbons (Fsp3) is 0.533. The van der Waals surface area contributed by atoms with E-state index in [1.165, 1.54) is 6.42 Å². The van der Waals surface area contributed by atoms with Gasteiger partial charge in [0.2, 0.25) is 0 Å². The molecule has 0 radical (unpaired) electrons. The summed E-state index contributed by atoms with van der Waals surface area (Å²) in [7, 11) is 0. The average molecular weight is 299 g/mol. The molecule has 0 aliphatic carbocycles. The zero-order valence-corrected chi connectivity index (χ0v) is 13.0. The molecule has 2 rings (SSSR count). The second-order valence-electron chi connectivity index (χ2n) is 5.26. The average Bonchev–Trinajstić information content (AvgIpc) is 2.69. The number of aryl methyl sites for hydroxylation is 2. The molecule has 0 fully saturated rings. The molecule has 0 unspecified atom stereocenters. The minimum absolute atomic E-state index is 0.588. The Bertz CT molecular complexity index is 546. The second-order valence-corrected chi connectivity index (χ2v) is 6.05. The summed E-state index contributed by atoms with van der Waals surface area (Å²) in [6, 6.07) is 5.88. The number of halogens is 2. The van der Waals surface area contributed by atoms with E-state index in [1.54, 1.807) is 0 Å². The molecule has 4 heteroatoms. The largest absolute Gasteiger partial charge is 0.327 e. The molecule has 1 aromatic heterocycles. The van der Waals surface area contributed by atoms with Gasteiger partial charge in [-0.2, -0.15) is 0 Å². The first-order valence-corrected chi connectivity index (χ1v) is 7.74. The Morgan fingerprint density at radius 1 is 1.32 bits per heavy atom. The number of benzene rings is 1. The summed E-state index contributed by atoms with van der Waals surface area (Å²) in [6.07, 6.45) is 3.14. The first-order chi connectivity index (χ1) is 9.13. The molecule has 0 spiro atoms. The summed E-state index contributed by atoms with van der Waals surface area (Å²) < 4.78 is 2.24. The highest BCUT2D eigenvalue weighted by atomic mass is 35.5. The van der Waals surface area contributed by atoms with Gasteiger partial charge in [-0.1, -0.05) is 31.5 Å². The van der Waals surface area contributed by atoms with Gasteiger partial charge in [0, 0.05) is 18.8 Å². The third-order valence-electron chi connectivity index (χ3n) is 3.28. The smallest absolute Gasteiger partial charge is 0.111 e. The molecular formula is C15H20Cl2N2. The maximum atomic E-state index is 6.32. The molecular weight excluding hydrogens is 279 g/mol. The fourth-order valence-electron chi connectivity index (χ4n) is 2.36. The van der Waals surface area contributed by atoms with E-state index in [-0.39, 0.29) is 0 Å². The van der Waals surface area contributed by atoms with Gasteiger partial charge in [0.1, 0.15) is 5.82 Å². The van der Waals surface area contributed by atoms with Crippen LogP contribution in [0.3, 0.4) is 0 Å². The topological polar surface area (TPSA) is 17.8 Å². The van der Waals surface area contributed by atoms with E-state index >= 15 is 0 Å². The molecule has 0 bridgehead atoms. The molecule has 1 aromatic carbocycles. The second kappa shape index (κ2) is 6.62. The maximum Gasteiger partial charge on any atom is 0.111 e. The molecule has 0 saturated carbocycles. The maximum absolute atomic E-state index is 6.32. The van der Waals surface area contributed by atoms with Crippen molar-refractivity contribution in [2.75, 3.05) is 5.88 Å². The molecule has 1 heterocycles. The van der Waals surface area contributed by atoms with Crippen LogP contribution < -0.4 is 0 Å². The Morgan fingerprint density at radius 3 is 2.79 bits per heavy atom. The van der Waals surface area contributed by atoms with Gasteiger partial charge in [-0.3, -0.25) is 0 Å². The first-order valence-electron chi connectivity index (χ1n) is 6.83. The first kappa shape index (κ1) is 14.7. The summed E-state index contributed by atoms with van der Waals surface area (Å²) in [5, 5.41) is 0.773. The minimum atomic E-state index is 0.588. The van der Waals surface area contributed by atoms with Crippen LogP contribution in [0.5, 0.6) is 0 Å². The Morgan fingerprint density at radius 2 is 2.11 bits per heavy atom. The van der Waals surface area contributed by atoms with Gasteiger partial charge in [-0.05, 0) is 30.9 Å². The van der Waals surface area contributed by atoms with Crippen molar-refractivity contribution >= 4 is 34.2 Å². The van der Waals surface area contributed by atoms with E-state index < -0.39 is 0 Å². The number of imidazole rings is 1. The lowest BCUT2D eigenvalue weighted by molar-refractivity contribution is 0.510. The van der Waals surface area contributed by atoms with Crippen molar-refractivity contribution in [2.45, 2.75) is 39.7 Å². The fourth-order valence-corrected chi connectivity index (χ4v) is 2.80. The van der Waals surface area contributed by atoms with Crippen LogP contribution in [0.1, 0.15) is 32.5 Å². The van der Waals surface area contributed by atoms with Gasteiger partial charge in [0.05, 0.1) is 16.1 Å². The predicted octanol–water partition coefficient (Wildman–Crippen LogP) is 4.91. The Hall–Kier alpha value is -0.730. The van der Waals surface area contributed by atoms with Gasteiger partial charge in [0.25, 0.3) is 0 Å². The highest BCUT2D eigenvalue weighted by Crippen LogP contribution is 2.25. The number of alkyl halides is 1. The summed E-state index contributed by atoms with van der Waals surface area (Å²) in [6.45, 7) is 5.46. The SMILES string of the molecule is CC(C)CCCn1c(CCCl)nc2cccc(Cl)c21. The van der Waals surface area contributed by atoms with Crippen molar-refractivity contribution in [2.24, 2.45) is 5.92 Å². The molecule has 0 aliphatic heterocycles. The standard InChI is InChI=1S/C15H20Cl2N2/c1-11(2)5-4-10-19-14(8-9-16)18-13-7-3-6-12(17)15(13)19/h3,6-7,11H,4-5,8-10H2,1-2H3. The summed E-state index contributed by atoms with van der Waals surface area (Å²) in [4.78, 5) is 4.66. The van der Waals surface area contributed by atoms with Crippen molar-refractivity contribution < 1.29 is 0 Å². The highest BCUT2D eigenvalue weighted by molar-refractivity contribution is 6.35. The van der Waals surface area contributed by atoms with Gasteiger partial charge in [-0.15, -0.1) is 11.6 Å². The monoisotopic (exact) mass is 298 g/mol. The van der Waals surface area contributed by atoms with Gasteiger partial charge >= 0.3 is 0 Å². The molecule has 2 aromatic rings. The van der Waals surface area contributed by atoms with Crippen LogP contribution in [0.2, 0.25) is 5.02 Å². The zero-order valence-electron chi connectivity index (χ0n) is 11.5. The number of rotatable bonds is 6. The highest BCUT2D eigenvalue weighted by Gasteiger charge is 2.12. The Labute approximate surface area is 124 Å². The van der Waals surface area contributed by atoms with Crippen LogP contribution in [-0.4, -0.2) is 15.4 Å². The van der Waals surface area contributed by atoms with Crippen molar-refractivity contribution in [1.29, 1.82) is 0 Å². The molecule has 2 nitrogen and oxygen atoms in total. The van der Waals surface area contributed by atoms with E-state index in [0.717, 1.165) is 47.2 Å². The summed E-state index contributed by atoms with van der Waals surface area (Å²) >= 11 is 12.2. The molecule has 104 valence electrons. The van der Waals surface area contributed by atoms with Gasteiger partial charge < -0.3 is 4.57 Å². The lowest BCUT2D eigenvalue weighted by atomic mass is 10.1. The van der Waals surface area contributed by atoms with Crippen molar-refractivity contribution in [3.8, 4) is 0 Å². The Kier molecular flexibility index (Phi) is 5.12. The lowest BCUT2D eigenvalue weighted by Crippen LogP contribution is -2.06. The molecule has 0 N–H and O–H groups in total. The quantitative estimate of drug-likeness (QED) is 0.693. The van der Waals surface area contributed by atoms with E-state index in [4.69, 9.17) is 23.2 Å². The number of hydrogen-bond donors (Lipinski definition) is 0. The van der Waals surface area contributed by atoms with E-state index in [9.17, 15) is 0 Å². The third kappa shape index (κ3) is 3.43. The van der Waals surface area contributed by atoms with Crippen LogP contribution in [-0.2, 0) is 13.0 Å². The van der Waals surface area contributed by atoms with Crippen LogP contribution in [0.4, 0.5) is 0 Å². The normalized spacial score (nSPS) is 11.6. The van der Waals surface area contributed by atoms with E-state index in [1.807, 2.05) is 18.2 Å². The number of para-hydroxylation sites is 1. The number of hydrogen-bond acceptors (Lipinski definition) is 1. The van der Waals surface area contributed by atoms with E-state index in [0.29, 0.717) is 5.88 Å². The van der Waals surface area contributed by atoms with Crippen LogP contribution >= 0.6 is 23.2 Å². The number of aromatic nitrogens is 2. The number of nitrogens with zero attached hydrogens (tertiary/aromatic N) is 2. The molecule has 0 saturated heterocycles. The lowest BCUT2D eigenvalue weighted by Gasteiger charge is -2.10. The van der Waals surface area contributed by atoms with Gasteiger partial charge in [-0.25, -0.2) is 4.98 Å². The molecule has 0 amide bonds. The Balaban J connectivity index is 2.34. The van der Waals surface area contributed by atoms with Crippen LogP contribution in [0.25, 0.3) is 11.0 Å². The van der Waals surface area contributed by atoms with Crippen molar-refractivity contribution in [1.82, 2.24) is 9.55 Å². The summed E-state index contributed by atoms with van der Waals surface area (Å²) in [5.74, 6) is 2.36.